The molecule has 0 unspecified atom stereocenters. The van der Waals surface area contributed by atoms with Gasteiger partial charge in [0.05, 0.1) is 12.3 Å². The monoisotopic (exact) mass is 365 g/mol. The van der Waals surface area contributed by atoms with Crippen molar-refractivity contribution in [2.75, 3.05) is 16.9 Å². The number of carbonyl (C=O) groups excluding carboxylic acids is 3. The van der Waals surface area contributed by atoms with Crippen molar-refractivity contribution < 1.29 is 19.1 Å². The van der Waals surface area contributed by atoms with E-state index in [1.807, 2.05) is 6.07 Å². The van der Waals surface area contributed by atoms with Crippen LogP contribution >= 0.6 is 0 Å². The van der Waals surface area contributed by atoms with E-state index in [2.05, 4.69) is 10.5 Å². The molecule has 0 spiro atoms. The second kappa shape index (κ2) is 7.41. The van der Waals surface area contributed by atoms with Gasteiger partial charge in [0.2, 0.25) is 0 Å². The van der Waals surface area contributed by atoms with Gasteiger partial charge in [-0.05, 0) is 38.1 Å². The molecule has 0 bridgehead atoms. The van der Waals surface area contributed by atoms with Crippen LogP contribution in [0.2, 0.25) is 0 Å². The van der Waals surface area contributed by atoms with Gasteiger partial charge in [0, 0.05) is 5.69 Å². The van der Waals surface area contributed by atoms with Crippen molar-refractivity contribution in [2.24, 2.45) is 5.10 Å². The summed E-state index contributed by atoms with van der Waals surface area (Å²) < 4.78 is 5.17. The van der Waals surface area contributed by atoms with Crippen LogP contribution < -0.4 is 10.3 Å². The quantitative estimate of drug-likeness (QED) is 0.499. The summed E-state index contributed by atoms with van der Waals surface area (Å²) in [7, 11) is 0. The van der Waals surface area contributed by atoms with Crippen molar-refractivity contribution in [2.45, 2.75) is 19.4 Å². The molecule has 3 rings (SSSR count). The lowest BCUT2D eigenvalue weighted by molar-refractivity contribution is -0.147. The SMILES string of the molecule is CCOC(=O)[C@@]1(C)/C(=N/Nc2ccccc2)C(=O)C(=O)N1c1ccccc1. The smallest absolute Gasteiger partial charge is 0.338 e. The van der Waals surface area contributed by atoms with Crippen LogP contribution in [0.5, 0.6) is 0 Å². The van der Waals surface area contributed by atoms with Crippen molar-refractivity contribution in [3.63, 3.8) is 0 Å². The molecule has 1 heterocycles. The van der Waals surface area contributed by atoms with Crippen molar-refractivity contribution in [1.82, 2.24) is 0 Å². The number of amides is 1. The van der Waals surface area contributed by atoms with Crippen LogP contribution in [0.4, 0.5) is 11.4 Å². The Morgan fingerprint density at radius 1 is 1.07 bits per heavy atom. The molecule has 1 fully saturated rings. The predicted octanol–water partition coefficient (Wildman–Crippen LogP) is 2.39. The Morgan fingerprint density at radius 3 is 2.26 bits per heavy atom. The number of hydrogen-bond acceptors (Lipinski definition) is 6. The predicted molar refractivity (Wildman–Crippen MR) is 101 cm³/mol. The standard InChI is InChI=1S/C20H19N3O4/c1-3-27-19(26)20(2)17(22-21-14-10-6-4-7-11-14)16(24)18(25)23(20)15-12-8-5-9-13-15/h4-13,21H,3H2,1-2H3/b22-17+/t20-/m1/s1. The van der Waals surface area contributed by atoms with Crippen molar-refractivity contribution in [3.8, 4) is 0 Å². The summed E-state index contributed by atoms with van der Waals surface area (Å²) in [5, 5.41) is 4.11. The molecule has 1 amide bonds. The zero-order chi connectivity index (χ0) is 19.4. The number of esters is 1. The van der Waals surface area contributed by atoms with E-state index < -0.39 is 23.2 Å². The zero-order valence-corrected chi connectivity index (χ0v) is 15.0. The highest BCUT2D eigenvalue weighted by molar-refractivity contribution is 6.75. The van der Waals surface area contributed by atoms with Crippen LogP contribution in [0.3, 0.4) is 0 Å². The number of hydrogen-bond donors (Lipinski definition) is 1. The number of nitrogens with zero attached hydrogens (tertiary/aromatic N) is 2. The fourth-order valence-electron chi connectivity index (χ4n) is 2.94. The van der Waals surface area contributed by atoms with Crippen molar-refractivity contribution in [3.05, 3.63) is 60.7 Å². The molecule has 138 valence electrons. The Bertz CT molecular complexity index is 896. The highest BCUT2D eigenvalue weighted by Crippen LogP contribution is 2.33. The Morgan fingerprint density at radius 2 is 1.67 bits per heavy atom. The van der Waals surface area contributed by atoms with Gasteiger partial charge in [-0.1, -0.05) is 36.4 Å². The molecule has 1 aliphatic rings. The third kappa shape index (κ3) is 3.19. The van der Waals surface area contributed by atoms with Crippen LogP contribution in [-0.2, 0) is 19.1 Å². The topological polar surface area (TPSA) is 88.1 Å². The van der Waals surface area contributed by atoms with Gasteiger partial charge in [0.1, 0.15) is 0 Å². The Hall–Kier alpha value is -3.48. The van der Waals surface area contributed by atoms with E-state index in [-0.39, 0.29) is 12.3 Å². The number of anilines is 2. The van der Waals surface area contributed by atoms with Crippen LogP contribution in [0.25, 0.3) is 0 Å². The lowest BCUT2D eigenvalue weighted by atomic mass is 9.95. The third-order valence-electron chi connectivity index (χ3n) is 4.28. The first kappa shape index (κ1) is 18.3. The van der Waals surface area contributed by atoms with Gasteiger partial charge in [0.15, 0.2) is 11.3 Å². The maximum Gasteiger partial charge on any atom is 0.338 e. The number of benzene rings is 2. The first-order chi connectivity index (χ1) is 13.0. The van der Waals surface area contributed by atoms with Crippen LogP contribution in [-0.4, -0.2) is 35.5 Å². The van der Waals surface area contributed by atoms with E-state index in [9.17, 15) is 14.4 Å². The van der Waals surface area contributed by atoms with Crippen LogP contribution in [0, 0.1) is 0 Å². The summed E-state index contributed by atoms with van der Waals surface area (Å²) in [4.78, 5) is 39.3. The van der Waals surface area contributed by atoms with Gasteiger partial charge in [-0.2, -0.15) is 5.10 Å². The summed E-state index contributed by atoms with van der Waals surface area (Å²) in [6.07, 6.45) is 0. The molecule has 0 radical (unpaired) electrons. The summed E-state index contributed by atoms with van der Waals surface area (Å²) in [6.45, 7) is 3.23. The number of ketones is 1. The molecule has 0 aromatic heterocycles. The molecule has 1 aliphatic heterocycles. The van der Waals surface area contributed by atoms with Gasteiger partial charge in [-0.25, -0.2) is 4.79 Å². The lowest BCUT2D eigenvalue weighted by Crippen LogP contribution is -2.55. The third-order valence-corrected chi connectivity index (χ3v) is 4.28. The minimum absolute atomic E-state index is 0.110. The summed E-state index contributed by atoms with van der Waals surface area (Å²) in [5.74, 6) is -2.40. The fourth-order valence-corrected chi connectivity index (χ4v) is 2.94. The van der Waals surface area contributed by atoms with E-state index in [4.69, 9.17) is 4.74 Å². The van der Waals surface area contributed by atoms with Gasteiger partial charge in [0.25, 0.3) is 5.78 Å². The normalized spacial score (nSPS) is 20.8. The second-order valence-corrected chi connectivity index (χ2v) is 6.04. The minimum Gasteiger partial charge on any atom is -0.464 e. The van der Waals surface area contributed by atoms with E-state index in [1.165, 1.54) is 6.92 Å². The highest BCUT2D eigenvalue weighted by Gasteiger charge is 2.60. The van der Waals surface area contributed by atoms with Crippen LogP contribution in [0.15, 0.2) is 65.8 Å². The fraction of sp³-hybridized carbons (Fsp3) is 0.200. The minimum atomic E-state index is -1.67. The largest absolute Gasteiger partial charge is 0.464 e. The molecular weight excluding hydrogens is 346 g/mol. The maximum atomic E-state index is 12.8. The van der Waals surface area contributed by atoms with Gasteiger partial charge >= 0.3 is 11.9 Å². The number of ether oxygens (including phenoxy) is 1. The molecule has 2 aromatic carbocycles. The number of para-hydroxylation sites is 2. The average molecular weight is 365 g/mol. The highest BCUT2D eigenvalue weighted by atomic mass is 16.5. The molecule has 2 aromatic rings. The average Bonchev–Trinajstić information content (AvgIpc) is 2.88. The molecule has 1 N–H and O–H groups in total. The molecule has 27 heavy (non-hydrogen) atoms. The Labute approximate surface area is 156 Å². The molecular formula is C20H19N3O4. The zero-order valence-electron chi connectivity index (χ0n) is 15.0. The molecule has 1 atom stereocenters. The molecule has 0 saturated carbocycles. The van der Waals surface area contributed by atoms with Gasteiger partial charge < -0.3 is 4.74 Å². The number of carbonyl (C=O) groups is 3. The Balaban J connectivity index is 2.09. The van der Waals surface area contributed by atoms with Crippen molar-refractivity contribution >= 4 is 34.7 Å². The van der Waals surface area contributed by atoms with Crippen molar-refractivity contribution in [1.29, 1.82) is 0 Å². The van der Waals surface area contributed by atoms with Gasteiger partial charge in [-0.3, -0.25) is 19.9 Å². The van der Waals surface area contributed by atoms with Crippen LogP contribution in [0.1, 0.15) is 13.8 Å². The molecule has 7 heteroatoms. The van der Waals surface area contributed by atoms with E-state index in [0.717, 1.165) is 4.90 Å². The van der Waals surface area contributed by atoms with E-state index in [0.29, 0.717) is 11.4 Å². The summed E-state index contributed by atoms with van der Waals surface area (Å²) >= 11 is 0. The lowest BCUT2D eigenvalue weighted by Gasteiger charge is -2.31. The maximum absolute atomic E-state index is 12.8. The number of rotatable bonds is 5. The first-order valence-corrected chi connectivity index (χ1v) is 8.50. The number of nitrogens with one attached hydrogen (secondary N) is 1. The van der Waals surface area contributed by atoms with E-state index >= 15 is 0 Å². The Kier molecular flexibility index (Phi) is 5.03. The molecule has 1 saturated heterocycles. The number of hydrazone groups is 1. The second-order valence-electron chi connectivity index (χ2n) is 6.04. The van der Waals surface area contributed by atoms with Gasteiger partial charge in [-0.15, -0.1) is 0 Å². The summed E-state index contributed by atoms with van der Waals surface area (Å²) in [5.41, 5.74) is 1.89. The first-order valence-electron chi connectivity index (χ1n) is 8.50. The van der Waals surface area contributed by atoms with E-state index in [1.54, 1.807) is 61.5 Å². The summed E-state index contributed by atoms with van der Waals surface area (Å²) in [6, 6.07) is 17.4. The molecule has 0 aliphatic carbocycles. The number of Topliss-reactive ketones (excluding diaryl/α,β-unsaturated/α-hetero) is 1. The molecule has 7 nitrogen and oxygen atoms in total.